The summed E-state index contributed by atoms with van der Waals surface area (Å²) in [5.74, 6) is 0. The van der Waals surface area contributed by atoms with Gasteiger partial charge in [0.1, 0.15) is 0 Å². The lowest BCUT2D eigenvalue weighted by molar-refractivity contribution is 0.875. The molecule has 4 heteroatoms. The standard InChI is InChI=1S/C11H14N2S2/c1-6-11(15-8(3)13-6)10(12)9-4-5-14-7(9)2/h4-5,10H,12H2,1-3H3. The van der Waals surface area contributed by atoms with Crippen LogP contribution in [0.2, 0.25) is 0 Å². The van der Waals surface area contributed by atoms with E-state index in [0.29, 0.717) is 0 Å². The molecule has 0 saturated carbocycles. The molecule has 0 bridgehead atoms. The number of aromatic nitrogens is 1. The van der Waals surface area contributed by atoms with Crippen LogP contribution >= 0.6 is 22.7 Å². The van der Waals surface area contributed by atoms with Crippen molar-refractivity contribution in [2.75, 3.05) is 0 Å². The Balaban J connectivity index is 2.40. The molecule has 1 atom stereocenters. The Kier molecular flexibility index (Phi) is 2.91. The third-order valence-corrected chi connectivity index (χ3v) is 4.47. The average Bonchev–Trinajstić information content (AvgIpc) is 2.71. The van der Waals surface area contributed by atoms with Crippen molar-refractivity contribution in [2.24, 2.45) is 5.73 Å². The summed E-state index contributed by atoms with van der Waals surface area (Å²) < 4.78 is 0. The molecule has 2 aromatic heterocycles. The van der Waals surface area contributed by atoms with E-state index in [9.17, 15) is 0 Å². The van der Waals surface area contributed by atoms with Crippen LogP contribution in [0.15, 0.2) is 11.4 Å². The Hall–Kier alpha value is -0.710. The van der Waals surface area contributed by atoms with Gasteiger partial charge in [0.05, 0.1) is 16.7 Å². The van der Waals surface area contributed by atoms with Crippen LogP contribution < -0.4 is 5.73 Å². The summed E-state index contributed by atoms with van der Waals surface area (Å²) >= 11 is 3.44. The first-order valence-corrected chi connectivity index (χ1v) is 6.52. The fourth-order valence-corrected chi connectivity index (χ4v) is 3.39. The van der Waals surface area contributed by atoms with Crippen molar-refractivity contribution in [3.8, 4) is 0 Å². The fraction of sp³-hybridized carbons (Fsp3) is 0.364. The highest BCUT2D eigenvalue weighted by atomic mass is 32.1. The minimum Gasteiger partial charge on any atom is -0.320 e. The summed E-state index contributed by atoms with van der Waals surface area (Å²) in [5, 5.41) is 3.18. The monoisotopic (exact) mass is 238 g/mol. The maximum absolute atomic E-state index is 6.25. The highest BCUT2D eigenvalue weighted by molar-refractivity contribution is 7.12. The van der Waals surface area contributed by atoms with Crippen molar-refractivity contribution in [1.82, 2.24) is 4.98 Å². The molecule has 2 N–H and O–H groups in total. The van der Waals surface area contributed by atoms with E-state index in [-0.39, 0.29) is 6.04 Å². The van der Waals surface area contributed by atoms with Crippen molar-refractivity contribution in [3.63, 3.8) is 0 Å². The zero-order valence-electron chi connectivity index (χ0n) is 9.07. The molecule has 0 fully saturated rings. The second-order valence-corrected chi connectivity index (χ2v) is 5.95. The molecular weight excluding hydrogens is 224 g/mol. The second kappa shape index (κ2) is 4.04. The topological polar surface area (TPSA) is 38.9 Å². The van der Waals surface area contributed by atoms with Crippen LogP contribution in [0.25, 0.3) is 0 Å². The van der Waals surface area contributed by atoms with Gasteiger partial charge in [-0.05, 0) is 37.8 Å². The van der Waals surface area contributed by atoms with Gasteiger partial charge >= 0.3 is 0 Å². The number of thiophene rings is 1. The van der Waals surface area contributed by atoms with Crippen LogP contribution in [0.5, 0.6) is 0 Å². The number of aryl methyl sites for hydroxylation is 3. The summed E-state index contributed by atoms with van der Waals surface area (Å²) in [6, 6.07) is 2.10. The fourth-order valence-electron chi connectivity index (χ4n) is 1.69. The molecule has 0 radical (unpaired) electrons. The first-order valence-electron chi connectivity index (χ1n) is 4.83. The van der Waals surface area contributed by atoms with Crippen molar-refractivity contribution >= 4 is 22.7 Å². The highest BCUT2D eigenvalue weighted by Crippen LogP contribution is 2.31. The van der Waals surface area contributed by atoms with E-state index < -0.39 is 0 Å². The van der Waals surface area contributed by atoms with Gasteiger partial charge in [-0.25, -0.2) is 4.98 Å². The Bertz CT molecular complexity index is 471. The lowest BCUT2D eigenvalue weighted by atomic mass is 10.1. The summed E-state index contributed by atoms with van der Waals surface area (Å²) in [5.41, 5.74) is 8.55. The average molecular weight is 238 g/mol. The van der Waals surface area contributed by atoms with Crippen LogP contribution in [0.1, 0.15) is 32.1 Å². The molecule has 0 spiro atoms. The smallest absolute Gasteiger partial charge is 0.0900 e. The zero-order chi connectivity index (χ0) is 11.0. The van der Waals surface area contributed by atoms with Crippen molar-refractivity contribution in [2.45, 2.75) is 26.8 Å². The molecule has 2 rings (SSSR count). The van der Waals surface area contributed by atoms with Gasteiger partial charge in [0.15, 0.2) is 0 Å². The Morgan fingerprint density at radius 3 is 2.53 bits per heavy atom. The van der Waals surface area contributed by atoms with Crippen molar-refractivity contribution < 1.29 is 0 Å². The Morgan fingerprint density at radius 1 is 1.33 bits per heavy atom. The van der Waals surface area contributed by atoms with Gasteiger partial charge in [-0.15, -0.1) is 22.7 Å². The van der Waals surface area contributed by atoms with Gasteiger partial charge in [0.25, 0.3) is 0 Å². The molecule has 2 nitrogen and oxygen atoms in total. The Morgan fingerprint density at radius 2 is 2.07 bits per heavy atom. The predicted octanol–water partition coefficient (Wildman–Crippen LogP) is 3.18. The molecule has 0 aliphatic carbocycles. The van der Waals surface area contributed by atoms with E-state index in [4.69, 9.17) is 5.73 Å². The molecule has 0 aromatic carbocycles. The largest absolute Gasteiger partial charge is 0.320 e. The number of rotatable bonds is 2. The van der Waals surface area contributed by atoms with Crippen LogP contribution in [-0.4, -0.2) is 4.98 Å². The molecule has 2 aromatic rings. The van der Waals surface area contributed by atoms with Gasteiger partial charge in [-0.1, -0.05) is 0 Å². The Labute approximate surface area is 97.8 Å². The maximum atomic E-state index is 6.25. The summed E-state index contributed by atoms with van der Waals surface area (Å²) in [7, 11) is 0. The van der Waals surface area contributed by atoms with E-state index in [2.05, 4.69) is 23.4 Å². The number of hydrogen-bond acceptors (Lipinski definition) is 4. The number of thiazole rings is 1. The third kappa shape index (κ3) is 1.97. The van der Waals surface area contributed by atoms with Crippen molar-refractivity contribution in [1.29, 1.82) is 0 Å². The molecular formula is C11H14N2S2. The van der Waals surface area contributed by atoms with Crippen LogP contribution in [-0.2, 0) is 0 Å². The lowest BCUT2D eigenvalue weighted by Gasteiger charge is -2.09. The van der Waals surface area contributed by atoms with Gasteiger partial charge in [-0.2, -0.15) is 0 Å². The second-order valence-electron chi connectivity index (χ2n) is 3.59. The summed E-state index contributed by atoms with van der Waals surface area (Å²) in [4.78, 5) is 6.90. The van der Waals surface area contributed by atoms with Crippen molar-refractivity contribution in [3.05, 3.63) is 37.5 Å². The number of nitrogens with two attached hydrogens (primary N) is 1. The quantitative estimate of drug-likeness (QED) is 0.872. The molecule has 0 saturated heterocycles. The number of hydrogen-bond donors (Lipinski definition) is 1. The maximum Gasteiger partial charge on any atom is 0.0900 e. The molecule has 80 valence electrons. The zero-order valence-corrected chi connectivity index (χ0v) is 10.7. The van der Waals surface area contributed by atoms with E-state index in [1.165, 1.54) is 15.3 Å². The lowest BCUT2D eigenvalue weighted by Crippen LogP contribution is -2.11. The molecule has 0 aliphatic rings. The normalized spacial score (nSPS) is 13.1. The molecule has 0 amide bonds. The van der Waals surface area contributed by atoms with E-state index in [0.717, 1.165) is 10.7 Å². The van der Waals surface area contributed by atoms with E-state index in [1.807, 2.05) is 13.8 Å². The van der Waals surface area contributed by atoms with Gasteiger partial charge in [0, 0.05) is 9.75 Å². The molecule has 2 heterocycles. The highest BCUT2D eigenvalue weighted by Gasteiger charge is 2.17. The summed E-state index contributed by atoms with van der Waals surface area (Å²) in [6.07, 6.45) is 0. The first-order chi connectivity index (χ1) is 7.09. The van der Waals surface area contributed by atoms with Gasteiger partial charge in [0.2, 0.25) is 0 Å². The minimum absolute atomic E-state index is 0.0116. The predicted molar refractivity (Wildman–Crippen MR) is 66.7 cm³/mol. The van der Waals surface area contributed by atoms with E-state index in [1.54, 1.807) is 22.7 Å². The van der Waals surface area contributed by atoms with Gasteiger partial charge in [-0.3, -0.25) is 0 Å². The molecule has 15 heavy (non-hydrogen) atoms. The van der Waals surface area contributed by atoms with E-state index >= 15 is 0 Å². The number of nitrogens with zero attached hydrogens (tertiary/aromatic N) is 1. The molecule has 1 unspecified atom stereocenters. The van der Waals surface area contributed by atoms with Crippen LogP contribution in [0.4, 0.5) is 0 Å². The van der Waals surface area contributed by atoms with Crippen LogP contribution in [0, 0.1) is 20.8 Å². The van der Waals surface area contributed by atoms with Gasteiger partial charge < -0.3 is 5.73 Å². The SMILES string of the molecule is Cc1nc(C)c(C(N)c2ccsc2C)s1. The summed E-state index contributed by atoms with van der Waals surface area (Å²) in [6.45, 7) is 6.16. The third-order valence-electron chi connectivity index (χ3n) is 2.46. The van der Waals surface area contributed by atoms with Crippen LogP contribution in [0.3, 0.4) is 0 Å². The first kappa shape index (κ1) is 10.8. The minimum atomic E-state index is -0.0116. The molecule has 0 aliphatic heterocycles.